The van der Waals surface area contributed by atoms with E-state index in [1.165, 1.54) is 6.07 Å². The van der Waals surface area contributed by atoms with Gasteiger partial charge in [-0.25, -0.2) is 4.98 Å². The van der Waals surface area contributed by atoms with E-state index in [0.717, 1.165) is 5.52 Å². The first-order chi connectivity index (χ1) is 13.8. The van der Waals surface area contributed by atoms with Crippen molar-refractivity contribution in [1.82, 2.24) is 4.98 Å². The largest absolute Gasteiger partial charge is 0.872 e. The molecule has 3 radical (unpaired) electrons. The summed E-state index contributed by atoms with van der Waals surface area (Å²) >= 11 is 0. The molecule has 0 saturated carbocycles. The van der Waals surface area contributed by atoms with Crippen molar-refractivity contribution in [3.8, 4) is 17.2 Å². The molecule has 4 heteroatoms. The molecule has 0 aliphatic rings. The van der Waals surface area contributed by atoms with Crippen molar-refractivity contribution in [1.29, 1.82) is 0 Å². The van der Waals surface area contributed by atoms with E-state index in [1.807, 2.05) is 84.9 Å². The zero-order valence-electron chi connectivity index (χ0n) is 15.5. The van der Waals surface area contributed by atoms with E-state index in [2.05, 4.69) is 17.1 Å². The van der Waals surface area contributed by atoms with Crippen LogP contribution in [0, 0.1) is 12.1 Å². The molecule has 29 heavy (non-hydrogen) atoms. The molecule has 0 aliphatic carbocycles. The average Bonchev–Trinajstić information content (AvgIpc) is 3.21. The number of para-hydroxylation sites is 3. The fraction of sp³-hybridized carbons (Fsp3) is 0. The summed E-state index contributed by atoms with van der Waals surface area (Å²) in [6.45, 7) is 0. The van der Waals surface area contributed by atoms with Gasteiger partial charge in [0.25, 0.3) is 0 Å². The van der Waals surface area contributed by atoms with Crippen LogP contribution < -0.4 is 5.11 Å². The molecule has 0 fully saturated rings. The molecule has 0 aliphatic heterocycles. The molecule has 0 unspecified atom stereocenters. The minimum Gasteiger partial charge on any atom is -0.872 e. The van der Waals surface area contributed by atoms with Gasteiger partial charge in [-0.1, -0.05) is 103 Å². The molecule has 0 saturated heterocycles. The van der Waals surface area contributed by atoms with Gasteiger partial charge < -0.3 is 9.52 Å². The number of rotatable bonds is 1. The van der Waals surface area contributed by atoms with Gasteiger partial charge in [-0.3, -0.25) is 0 Å². The molecule has 1 heterocycles. The standard InChI is InChI=1S/C13H9NO2.2C6H5.Ir/c15-11-7-3-1-5-9(11)13-14-10-6-2-4-8-12(10)16-13;2*1-2-4-6-5-3-1;/h1-8,15H;2*1-5H;/p-1. The van der Waals surface area contributed by atoms with Crippen LogP contribution in [0.4, 0.5) is 0 Å². The van der Waals surface area contributed by atoms with Crippen LogP contribution >= 0.6 is 0 Å². The second kappa shape index (κ2) is 12.3. The first-order valence-electron chi connectivity index (χ1n) is 8.79. The number of fused-ring (bicyclic) bond motifs is 1. The van der Waals surface area contributed by atoms with Crippen LogP contribution in [0.25, 0.3) is 22.6 Å². The minimum atomic E-state index is -0.0749. The summed E-state index contributed by atoms with van der Waals surface area (Å²) in [7, 11) is 0. The summed E-state index contributed by atoms with van der Waals surface area (Å²) in [6.07, 6.45) is 0. The van der Waals surface area contributed by atoms with Gasteiger partial charge in [0.15, 0.2) is 5.58 Å². The van der Waals surface area contributed by atoms with Gasteiger partial charge in [0.05, 0.1) is 0 Å². The Labute approximate surface area is 184 Å². The molecule has 3 nitrogen and oxygen atoms in total. The predicted octanol–water partition coefficient (Wildman–Crippen LogP) is 5.54. The Bertz CT molecular complexity index is 961. The Morgan fingerprint density at radius 2 is 1.21 bits per heavy atom. The number of hydrogen-bond donors (Lipinski definition) is 0. The van der Waals surface area contributed by atoms with E-state index in [1.54, 1.807) is 18.2 Å². The van der Waals surface area contributed by atoms with Crippen LogP contribution in [0.2, 0.25) is 0 Å². The average molecular weight is 557 g/mol. The van der Waals surface area contributed by atoms with Gasteiger partial charge in [-0.15, -0.1) is 0 Å². The Balaban J connectivity index is 0.000000191. The molecule has 1 aromatic heterocycles. The third kappa shape index (κ3) is 7.04. The summed E-state index contributed by atoms with van der Waals surface area (Å²) in [5, 5.41) is 11.6. The van der Waals surface area contributed by atoms with Gasteiger partial charge >= 0.3 is 0 Å². The van der Waals surface area contributed by atoms with Crippen molar-refractivity contribution in [2.24, 2.45) is 0 Å². The van der Waals surface area contributed by atoms with Crippen molar-refractivity contribution < 1.29 is 29.6 Å². The van der Waals surface area contributed by atoms with Gasteiger partial charge in [0, 0.05) is 25.7 Å². The fourth-order valence-electron chi connectivity index (χ4n) is 2.31. The summed E-state index contributed by atoms with van der Waals surface area (Å²) in [6, 6.07) is 39.2. The van der Waals surface area contributed by atoms with Crippen LogP contribution in [0.5, 0.6) is 5.75 Å². The van der Waals surface area contributed by atoms with Crippen LogP contribution in [0.15, 0.2) is 114 Å². The van der Waals surface area contributed by atoms with Crippen molar-refractivity contribution in [3.63, 3.8) is 0 Å². The van der Waals surface area contributed by atoms with E-state index in [-0.39, 0.29) is 25.9 Å². The third-order valence-corrected chi connectivity index (χ3v) is 3.63. The number of benzene rings is 4. The molecule has 0 spiro atoms. The van der Waals surface area contributed by atoms with Gasteiger partial charge in [-0.2, -0.15) is 0 Å². The maximum absolute atomic E-state index is 11.6. The van der Waals surface area contributed by atoms with E-state index < -0.39 is 0 Å². The molecule has 5 rings (SSSR count). The molecule has 145 valence electrons. The first-order valence-corrected chi connectivity index (χ1v) is 8.79. The van der Waals surface area contributed by atoms with Crippen LogP contribution in [-0.2, 0) is 20.1 Å². The van der Waals surface area contributed by atoms with Crippen molar-refractivity contribution in [2.75, 3.05) is 0 Å². The minimum absolute atomic E-state index is 0. The Morgan fingerprint density at radius 1 is 0.655 bits per heavy atom. The summed E-state index contributed by atoms with van der Waals surface area (Å²) < 4.78 is 5.52. The molecule has 0 N–H and O–H groups in total. The van der Waals surface area contributed by atoms with Crippen molar-refractivity contribution in [2.45, 2.75) is 0 Å². The first kappa shape index (κ1) is 22.1. The Kier molecular flexibility index (Phi) is 9.37. The second-order valence-corrected chi connectivity index (χ2v) is 5.64. The molecule has 0 amide bonds. The normalized spacial score (nSPS) is 9.24. The second-order valence-electron chi connectivity index (χ2n) is 5.64. The maximum Gasteiger partial charge on any atom is 0.226 e. The zero-order chi connectivity index (χ0) is 19.4. The van der Waals surface area contributed by atoms with Gasteiger partial charge in [0.2, 0.25) is 5.89 Å². The Morgan fingerprint density at radius 3 is 1.69 bits per heavy atom. The van der Waals surface area contributed by atoms with Crippen LogP contribution in [0.3, 0.4) is 0 Å². The van der Waals surface area contributed by atoms with E-state index >= 15 is 0 Å². The molecular weight excluding hydrogens is 538 g/mol. The fourth-order valence-corrected chi connectivity index (χ4v) is 2.31. The van der Waals surface area contributed by atoms with Crippen molar-refractivity contribution in [3.05, 3.63) is 121 Å². The summed E-state index contributed by atoms with van der Waals surface area (Å²) in [5.41, 5.74) is 1.96. The molecule has 4 aromatic carbocycles. The number of nitrogens with zero attached hydrogens (tertiary/aromatic N) is 1. The topological polar surface area (TPSA) is 49.1 Å². The zero-order valence-corrected chi connectivity index (χ0v) is 17.9. The van der Waals surface area contributed by atoms with E-state index in [0.29, 0.717) is 17.0 Å². The third-order valence-electron chi connectivity index (χ3n) is 3.63. The van der Waals surface area contributed by atoms with Crippen molar-refractivity contribution >= 4 is 11.1 Å². The van der Waals surface area contributed by atoms with E-state index in [9.17, 15) is 5.11 Å². The number of aromatic nitrogens is 1. The number of oxazole rings is 1. The molecule has 0 bridgehead atoms. The molecule has 5 aromatic rings. The van der Waals surface area contributed by atoms with E-state index in [4.69, 9.17) is 4.42 Å². The smallest absolute Gasteiger partial charge is 0.226 e. The predicted molar refractivity (Wildman–Crippen MR) is 109 cm³/mol. The molecule has 0 atom stereocenters. The Hall–Kier alpha value is -3.20. The van der Waals surface area contributed by atoms with Crippen LogP contribution in [-0.4, -0.2) is 4.98 Å². The van der Waals surface area contributed by atoms with Gasteiger partial charge in [0.1, 0.15) is 5.52 Å². The maximum atomic E-state index is 11.6. The quantitative estimate of drug-likeness (QED) is 0.273. The number of hydrogen-bond acceptors (Lipinski definition) is 3. The van der Waals surface area contributed by atoms with Gasteiger partial charge in [-0.05, 0) is 24.3 Å². The molecular formula is C25H18IrNO2-. The summed E-state index contributed by atoms with van der Waals surface area (Å²) in [4.78, 5) is 4.28. The van der Waals surface area contributed by atoms with Crippen LogP contribution in [0.1, 0.15) is 0 Å². The SMILES string of the molecule is [Ir].[O-]c1ccccc1-c1nc2ccccc2o1.[c]1ccccc1.[c]1ccccc1. The monoisotopic (exact) mass is 557 g/mol. The summed E-state index contributed by atoms with van der Waals surface area (Å²) in [5.74, 6) is 0.306.